The minimum Gasteiger partial charge on any atom is -0.465 e. The number of carbonyl (C=O) groups is 2. The molecule has 0 atom stereocenters. The molecule has 0 aliphatic carbocycles. The van der Waals surface area contributed by atoms with Crippen molar-refractivity contribution in [2.75, 3.05) is 11.1 Å². The predicted molar refractivity (Wildman–Crippen MR) is 129 cm³/mol. The van der Waals surface area contributed by atoms with Gasteiger partial charge < -0.3 is 15.1 Å². The van der Waals surface area contributed by atoms with Crippen LogP contribution >= 0.6 is 11.8 Å². The lowest BCUT2D eigenvalue weighted by molar-refractivity contribution is -0.113. The fraction of sp³-hybridized carbons (Fsp3) is 0.120. The van der Waals surface area contributed by atoms with E-state index in [4.69, 9.17) is 4.42 Å². The first-order valence-corrected chi connectivity index (χ1v) is 11.4. The highest BCUT2D eigenvalue weighted by molar-refractivity contribution is 7.99. The fourth-order valence-corrected chi connectivity index (χ4v) is 4.02. The molecule has 0 unspecified atom stereocenters. The zero-order valence-corrected chi connectivity index (χ0v) is 19.1. The van der Waals surface area contributed by atoms with Crippen LogP contribution < -0.4 is 10.6 Å². The van der Waals surface area contributed by atoms with Crippen molar-refractivity contribution >= 4 is 29.3 Å². The van der Waals surface area contributed by atoms with E-state index in [1.54, 1.807) is 54.9 Å². The number of thioether (sulfide) groups is 1. The van der Waals surface area contributed by atoms with E-state index in [0.29, 0.717) is 34.3 Å². The van der Waals surface area contributed by atoms with Gasteiger partial charge in [0.1, 0.15) is 17.6 Å². The smallest absolute Gasteiger partial charge is 0.251 e. The SMILES string of the molecule is Cc1ccc(CNC(=O)c2cccc(-n3ccnc3SCC(=O)Nc3ccccc3C#N)c2)o1. The Morgan fingerprint density at radius 3 is 2.79 bits per heavy atom. The normalized spacial score (nSPS) is 10.5. The molecule has 2 N–H and O–H groups in total. The first kappa shape index (κ1) is 22.9. The quantitative estimate of drug-likeness (QED) is 0.370. The van der Waals surface area contributed by atoms with Gasteiger partial charge in [0.2, 0.25) is 5.91 Å². The molecule has 0 fully saturated rings. The minimum atomic E-state index is -0.247. The molecule has 2 aromatic carbocycles. The molecule has 8 nitrogen and oxygen atoms in total. The van der Waals surface area contributed by atoms with Gasteiger partial charge in [-0.2, -0.15) is 5.26 Å². The van der Waals surface area contributed by atoms with Crippen molar-refractivity contribution in [1.29, 1.82) is 5.26 Å². The number of carbonyl (C=O) groups excluding carboxylic acids is 2. The predicted octanol–water partition coefficient (Wildman–Crippen LogP) is 4.31. The molecule has 2 aromatic heterocycles. The Morgan fingerprint density at radius 2 is 2.00 bits per heavy atom. The number of hydrogen-bond acceptors (Lipinski definition) is 6. The number of nitrogens with zero attached hydrogens (tertiary/aromatic N) is 3. The minimum absolute atomic E-state index is 0.111. The number of aryl methyl sites for hydroxylation is 1. The molecule has 0 aliphatic heterocycles. The van der Waals surface area contributed by atoms with Crippen LogP contribution in [0.2, 0.25) is 0 Å². The molecule has 9 heteroatoms. The fourth-order valence-electron chi connectivity index (χ4n) is 3.25. The molecule has 0 saturated carbocycles. The van der Waals surface area contributed by atoms with Gasteiger partial charge in [-0.25, -0.2) is 4.98 Å². The van der Waals surface area contributed by atoms with Gasteiger partial charge in [0.15, 0.2) is 5.16 Å². The highest BCUT2D eigenvalue weighted by Gasteiger charge is 2.13. The Hall–Kier alpha value is -4.29. The van der Waals surface area contributed by atoms with E-state index in [-0.39, 0.29) is 17.6 Å². The Balaban J connectivity index is 1.40. The maximum absolute atomic E-state index is 12.6. The molecule has 0 aliphatic rings. The van der Waals surface area contributed by atoms with E-state index < -0.39 is 0 Å². The van der Waals surface area contributed by atoms with Gasteiger partial charge in [-0.1, -0.05) is 30.0 Å². The highest BCUT2D eigenvalue weighted by Crippen LogP contribution is 2.22. The number of rotatable bonds is 8. The van der Waals surface area contributed by atoms with E-state index in [2.05, 4.69) is 21.7 Å². The standard InChI is InChI=1S/C25H21N5O3S/c1-17-9-10-21(33-17)15-28-24(32)18-6-4-7-20(13-18)30-12-11-27-25(30)34-16-23(31)29-22-8-3-2-5-19(22)14-26/h2-13H,15-16H2,1H3,(H,28,32)(H,29,31). The molecule has 4 rings (SSSR count). The van der Waals surface area contributed by atoms with Crippen LogP contribution in [0.4, 0.5) is 5.69 Å². The molecule has 2 amide bonds. The molecular weight excluding hydrogens is 450 g/mol. The number of hydrogen-bond donors (Lipinski definition) is 2. The molecule has 170 valence electrons. The Morgan fingerprint density at radius 1 is 1.15 bits per heavy atom. The summed E-state index contributed by atoms with van der Waals surface area (Å²) >= 11 is 1.26. The van der Waals surface area contributed by atoms with Crippen LogP contribution in [-0.2, 0) is 11.3 Å². The third-order valence-electron chi connectivity index (χ3n) is 4.87. The summed E-state index contributed by atoms with van der Waals surface area (Å²) in [5.41, 5.74) is 2.12. The third kappa shape index (κ3) is 5.54. The number of benzene rings is 2. The van der Waals surface area contributed by atoms with Gasteiger partial charge in [-0.15, -0.1) is 0 Å². The highest BCUT2D eigenvalue weighted by atomic mass is 32.2. The summed E-state index contributed by atoms with van der Waals surface area (Å²) in [5, 5.41) is 15.4. The average Bonchev–Trinajstić information content (AvgIpc) is 3.50. The van der Waals surface area contributed by atoms with Crippen molar-refractivity contribution in [2.45, 2.75) is 18.6 Å². The largest absolute Gasteiger partial charge is 0.465 e. The molecule has 0 saturated heterocycles. The molecular formula is C25H21N5O3S. The van der Waals surface area contributed by atoms with Gasteiger partial charge in [-0.3, -0.25) is 14.2 Å². The number of furan rings is 1. The van der Waals surface area contributed by atoms with Crippen LogP contribution in [0.25, 0.3) is 5.69 Å². The van der Waals surface area contributed by atoms with Crippen molar-refractivity contribution in [3.8, 4) is 11.8 Å². The summed E-state index contributed by atoms with van der Waals surface area (Å²) in [7, 11) is 0. The molecule has 34 heavy (non-hydrogen) atoms. The number of para-hydroxylation sites is 1. The van der Waals surface area contributed by atoms with E-state index in [0.717, 1.165) is 11.4 Å². The van der Waals surface area contributed by atoms with Crippen LogP contribution in [0.15, 0.2) is 82.6 Å². The molecule has 4 aromatic rings. The number of nitrogens with one attached hydrogen (secondary N) is 2. The van der Waals surface area contributed by atoms with Crippen LogP contribution in [0.1, 0.15) is 27.4 Å². The lowest BCUT2D eigenvalue weighted by Gasteiger charge is -2.10. The monoisotopic (exact) mass is 471 g/mol. The zero-order chi connectivity index (χ0) is 23.9. The molecule has 2 heterocycles. The summed E-state index contributed by atoms with van der Waals surface area (Å²) in [4.78, 5) is 29.4. The second-order valence-corrected chi connectivity index (χ2v) is 8.26. The van der Waals surface area contributed by atoms with E-state index >= 15 is 0 Å². The maximum atomic E-state index is 12.6. The second kappa shape index (κ2) is 10.6. The number of imidazole rings is 1. The van der Waals surface area contributed by atoms with Gasteiger partial charge in [0, 0.05) is 23.6 Å². The van der Waals surface area contributed by atoms with E-state index in [9.17, 15) is 14.9 Å². The summed E-state index contributed by atoms with van der Waals surface area (Å²) in [6.07, 6.45) is 3.41. The average molecular weight is 472 g/mol. The summed E-state index contributed by atoms with van der Waals surface area (Å²) in [6.45, 7) is 2.15. The van der Waals surface area contributed by atoms with Crippen LogP contribution in [0.3, 0.4) is 0 Å². The van der Waals surface area contributed by atoms with Gasteiger partial charge in [0.25, 0.3) is 5.91 Å². The number of anilines is 1. The van der Waals surface area contributed by atoms with Crippen LogP contribution in [0, 0.1) is 18.3 Å². The van der Waals surface area contributed by atoms with Crippen molar-refractivity contribution < 1.29 is 14.0 Å². The lowest BCUT2D eigenvalue weighted by atomic mass is 10.2. The van der Waals surface area contributed by atoms with Crippen molar-refractivity contribution in [3.05, 3.63) is 95.7 Å². The van der Waals surface area contributed by atoms with Crippen molar-refractivity contribution in [1.82, 2.24) is 14.9 Å². The first-order valence-electron chi connectivity index (χ1n) is 10.4. The van der Waals surface area contributed by atoms with Crippen molar-refractivity contribution in [2.24, 2.45) is 0 Å². The number of nitriles is 1. The topological polar surface area (TPSA) is 113 Å². The van der Waals surface area contributed by atoms with Gasteiger partial charge >= 0.3 is 0 Å². The van der Waals surface area contributed by atoms with E-state index in [1.165, 1.54) is 11.8 Å². The number of amides is 2. The van der Waals surface area contributed by atoms with Gasteiger partial charge in [0.05, 0.1) is 23.5 Å². The molecule has 0 radical (unpaired) electrons. The Bertz CT molecular complexity index is 1370. The lowest BCUT2D eigenvalue weighted by Crippen LogP contribution is -2.22. The third-order valence-corrected chi connectivity index (χ3v) is 5.83. The van der Waals surface area contributed by atoms with Crippen LogP contribution in [0.5, 0.6) is 0 Å². The zero-order valence-electron chi connectivity index (χ0n) is 18.3. The first-order chi connectivity index (χ1) is 16.5. The maximum Gasteiger partial charge on any atom is 0.251 e. The second-order valence-electron chi connectivity index (χ2n) is 7.32. The van der Waals surface area contributed by atoms with Crippen molar-refractivity contribution in [3.63, 3.8) is 0 Å². The number of aromatic nitrogens is 2. The Labute approximate surface area is 200 Å². The summed E-state index contributed by atoms with van der Waals surface area (Å²) in [5.74, 6) is 1.12. The molecule has 0 spiro atoms. The molecule has 0 bridgehead atoms. The van der Waals surface area contributed by atoms with E-state index in [1.807, 2.05) is 29.7 Å². The van der Waals surface area contributed by atoms with Gasteiger partial charge in [-0.05, 0) is 49.4 Å². The summed E-state index contributed by atoms with van der Waals surface area (Å²) in [6, 6.07) is 19.7. The summed E-state index contributed by atoms with van der Waals surface area (Å²) < 4.78 is 7.30. The van der Waals surface area contributed by atoms with Crippen LogP contribution in [-0.4, -0.2) is 27.1 Å². The Kier molecular flexibility index (Phi) is 7.10.